The minimum absolute atomic E-state index is 0.195. The first-order valence-electron chi connectivity index (χ1n) is 9.66. The highest BCUT2D eigenvalue weighted by atomic mass is 19.1. The van der Waals surface area contributed by atoms with Gasteiger partial charge in [-0.25, -0.2) is 23.9 Å². The third-order valence-electron chi connectivity index (χ3n) is 5.95. The van der Waals surface area contributed by atoms with Gasteiger partial charge in [0.05, 0.1) is 24.0 Å². The first-order valence-corrected chi connectivity index (χ1v) is 9.66. The standard InChI is InChI=1S/C21H16FN5O4/c1-11-6-13(9-24-16(11)8-23)27-19(28)18-17-7-14(26(18)20(27)29)10-25(17)21(30)31-15-4-2-12(22)3-5-15/h2-6,9,14,17-18H,7,10H2,1H3/t14-,17?,18+/m1/s1. The molecule has 0 N–H and O–H groups in total. The molecule has 3 saturated heterocycles. The van der Waals surface area contributed by atoms with Gasteiger partial charge in [-0.3, -0.25) is 4.79 Å². The minimum Gasteiger partial charge on any atom is -0.410 e. The number of aromatic nitrogens is 1. The molecular formula is C21H16FN5O4. The van der Waals surface area contributed by atoms with E-state index in [4.69, 9.17) is 10.00 Å². The molecule has 3 aliphatic heterocycles. The fourth-order valence-electron chi connectivity index (χ4n) is 4.57. The van der Waals surface area contributed by atoms with E-state index in [9.17, 15) is 18.8 Å². The quantitative estimate of drug-likeness (QED) is 0.688. The van der Waals surface area contributed by atoms with E-state index in [0.29, 0.717) is 17.7 Å². The number of nitriles is 1. The predicted octanol–water partition coefficient (Wildman–Crippen LogP) is 2.19. The van der Waals surface area contributed by atoms with E-state index in [2.05, 4.69) is 4.98 Å². The first kappa shape index (κ1) is 19.0. The maximum Gasteiger partial charge on any atom is 0.415 e. The van der Waals surface area contributed by atoms with Crippen molar-refractivity contribution in [2.45, 2.75) is 31.5 Å². The number of pyridine rings is 1. The summed E-state index contributed by atoms with van der Waals surface area (Å²) in [6.07, 6.45) is 1.17. The Bertz CT molecular complexity index is 1160. The molecule has 9 nitrogen and oxygen atoms in total. The predicted molar refractivity (Wildman–Crippen MR) is 104 cm³/mol. The number of likely N-dealkylation sites (tertiary alicyclic amines) is 1. The van der Waals surface area contributed by atoms with Crippen molar-refractivity contribution >= 4 is 23.7 Å². The fraction of sp³-hybridized carbons (Fsp3) is 0.286. The zero-order valence-electron chi connectivity index (χ0n) is 16.4. The van der Waals surface area contributed by atoms with Crippen LogP contribution >= 0.6 is 0 Å². The molecular weight excluding hydrogens is 405 g/mol. The van der Waals surface area contributed by atoms with E-state index < -0.39 is 35.9 Å². The number of imide groups is 1. The molecule has 1 aromatic carbocycles. The van der Waals surface area contributed by atoms with E-state index >= 15 is 0 Å². The molecule has 3 aliphatic rings. The van der Waals surface area contributed by atoms with Crippen LogP contribution in [0.5, 0.6) is 5.75 Å². The van der Waals surface area contributed by atoms with Crippen molar-refractivity contribution in [3.05, 3.63) is 53.6 Å². The number of fused-ring (bicyclic) bond motifs is 5. The van der Waals surface area contributed by atoms with Gasteiger partial charge < -0.3 is 14.5 Å². The lowest BCUT2D eigenvalue weighted by molar-refractivity contribution is -0.121. The normalized spacial score (nSPS) is 23.9. The molecule has 0 aliphatic carbocycles. The van der Waals surface area contributed by atoms with Gasteiger partial charge >= 0.3 is 12.1 Å². The number of anilines is 1. The first-order chi connectivity index (χ1) is 14.9. The summed E-state index contributed by atoms with van der Waals surface area (Å²) in [6.45, 7) is 1.93. The van der Waals surface area contributed by atoms with Crippen molar-refractivity contribution in [1.29, 1.82) is 5.26 Å². The third kappa shape index (κ3) is 2.81. The summed E-state index contributed by atoms with van der Waals surface area (Å²) in [5, 5.41) is 9.05. The molecule has 2 aromatic rings. The number of benzene rings is 1. The lowest BCUT2D eigenvalue weighted by Crippen LogP contribution is -2.55. The summed E-state index contributed by atoms with van der Waals surface area (Å²) < 4.78 is 18.4. The van der Waals surface area contributed by atoms with Crippen molar-refractivity contribution in [3.63, 3.8) is 0 Å². The second-order valence-corrected chi connectivity index (χ2v) is 7.71. The molecule has 4 heterocycles. The molecule has 0 saturated carbocycles. The van der Waals surface area contributed by atoms with Gasteiger partial charge in [-0.1, -0.05) is 0 Å². The van der Waals surface area contributed by atoms with Crippen LogP contribution in [0.1, 0.15) is 17.7 Å². The number of aryl methyl sites for hydroxylation is 1. The highest BCUT2D eigenvalue weighted by molar-refractivity contribution is 6.22. The van der Waals surface area contributed by atoms with Crippen LogP contribution in [0, 0.1) is 24.1 Å². The Morgan fingerprint density at radius 2 is 2.03 bits per heavy atom. The zero-order chi connectivity index (χ0) is 21.9. The Kier molecular flexibility index (Phi) is 4.15. The van der Waals surface area contributed by atoms with Gasteiger partial charge in [0.15, 0.2) is 0 Å². The number of urea groups is 1. The van der Waals surface area contributed by atoms with Crippen LogP contribution in [0.15, 0.2) is 36.5 Å². The molecule has 10 heteroatoms. The van der Waals surface area contributed by atoms with Crippen LogP contribution in [0.2, 0.25) is 0 Å². The molecule has 31 heavy (non-hydrogen) atoms. The number of hydrogen-bond donors (Lipinski definition) is 0. The SMILES string of the molecule is Cc1cc(N2C(=O)[C@@H]3C4C[C@H](CN4C(=O)Oc4ccc(F)cc4)N3C2=O)cnc1C#N. The Morgan fingerprint density at radius 1 is 1.29 bits per heavy atom. The van der Waals surface area contributed by atoms with Gasteiger partial charge in [0.1, 0.15) is 29.4 Å². The molecule has 2 bridgehead atoms. The van der Waals surface area contributed by atoms with Gasteiger partial charge in [-0.2, -0.15) is 5.26 Å². The number of rotatable bonds is 2. The average Bonchev–Trinajstić information content (AvgIpc) is 3.41. The number of amides is 4. The van der Waals surface area contributed by atoms with Crippen molar-refractivity contribution in [3.8, 4) is 11.8 Å². The van der Waals surface area contributed by atoms with Crippen molar-refractivity contribution in [2.24, 2.45) is 0 Å². The summed E-state index contributed by atoms with van der Waals surface area (Å²) in [5.74, 6) is -0.693. The van der Waals surface area contributed by atoms with E-state index in [1.54, 1.807) is 13.0 Å². The van der Waals surface area contributed by atoms with Crippen molar-refractivity contribution < 1.29 is 23.5 Å². The molecule has 4 amide bonds. The largest absolute Gasteiger partial charge is 0.415 e. The molecule has 0 spiro atoms. The number of carbonyl (C=O) groups excluding carboxylic acids is 3. The van der Waals surface area contributed by atoms with Gasteiger partial charge in [-0.05, 0) is 49.2 Å². The van der Waals surface area contributed by atoms with Crippen LogP contribution in [0.3, 0.4) is 0 Å². The van der Waals surface area contributed by atoms with E-state index in [1.165, 1.54) is 40.3 Å². The van der Waals surface area contributed by atoms with E-state index in [-0.39, 0.29) is 24.0 Å². The van der Waals surface area contributed by atoms with Crippen LogP contribution < -0.4 is 9.64 Å². The van der Waals surface area contributed by atoms with Crippen LogP contribution in [-0.2, 0) is 4.79 Å². The number of hydrogen-bond acceptors (Lipinski definition) is 6. The monoisotopic (exact) mass is 421 g/mol. The number of ether oxygens (including phenoxy) is 1. The molecule has 0 radical (unpaired) electrons. The molecule has 156 valence electrons. The zero-order valence-corrected chi connectivity index (χ0v) is 16.4. The van der Waals surface area contributed by atoms with Crippen LogP contribution in [0.25, 0.3) is 0 Å². The summed E-state index contributed by atoms with van der Waals surface area (Å²) in [4.78, 5) is 46.9. The highest BCUT2D eigenvalue weighted by Crippen LogP contribution is 2.42. The van der Waals surface area contributed by atoms with Crippen molar-refractivity contribution in [1.82, 2.24) is 14.8 Å². The lowest BCUT2D eigenvalue weighted by atomic mass is 10.1. The molecule has 3 fully saturated rings. The summed E-state index contributed by atoms with van der Waals surface area (Å²) in [5.41, 5.74) is 1.07. The smallest absolute Gasteiger partial charge is 0.410 e. The van der Waals surface area contributed by atoms with Gasteiger partial charge in [0, 0.05) is 6.54 Å². The third-order valence-corrected chi connectivity index (χ3v) is 5.95. The van der Waals surface area contributed by atoms with Crippen LogP contribution in [0.4, 0.5) is 19.7 Å². The summed E-state index contributed by atoms with van der Waals surface area (Å²) in [7, 11) is 0. The highest BCUT2D eigenvalue weighted by Gasteiger charge is 2.63. The van der Waals surface area contributed by atoms with E-state index in [1.807, 2.05) is 6.07 Å². The Hall–Kier alpha value is -4.00. The Labute approximate surface area is 176 Å². The molecule has 1 aromatic heterocycles. The topological polar surface area (TPSA) is 107 Å². The second-order valence-electron chi connectivity index (χ2n) is 7.71. The van der Waals surface area contributed by atoms with Crippen molar-refractivity contribution in [2.75, 3.05) is 11.4 Å². The summed E-state index contributed by atoms with van der Waals surface area (Å²) in [6, 6.07) is 6.52. The second kappa shape index (κ2) is 6.77. The fourth-order valence-corrected chi connectivity index (χ4v) is 4.57. The lowest BCUT2D eigenvalue weighted by Gasteiger charge is -2.34. The Balaban J connectivity index is 1.38. The maximum atomic E-state index is 13.2. The number of halogens is 1. The van der Waals surface area contributed by atoms with Gasteiger partial charge in [-0.15, -0.1) is 0 Å². The molecule has 5 rings (SSSR count). The molecule has 3 atom stereocenters. The number of nitrogens with zero attached hydrogens (tertiary/aromatic N) is 5. The average molecular weight is 421 g/mol. The van der Waals surface area contributed by atoms with Gasteiger partial charge in [0.25, 0.3) is 5.91 Å². The number of carbonyl (C=O) groups is 3. The van der Waals surface area contributed by atoms with Crippen LogP contribution in [-0.4, -0.2) is 57.5 Å². The summed E-state index contributed by atoms with van der Waals surface area (Å²) >= 11 is 0. The maximum absolute atomic E-state index is 13.2. The molecule has 1 unspecified atom stereocenters. The minimum atomic E-state index is -0.803. The van der Waals surface area contributed by atoms with E-state index in [0.717, 1.165) is 4.90 Å². The Morgan fingerprint density at radius 3 is 2.71 bits per heavy atom. The number of piperazine rings is 1. The van der Waals surface area contributed by atoms with Gasteiger partial charge in [0.2, 0.25) is 0 Å².